The Bertz CT molecular complexity index is 481. The number of para-hydroxylation sites is 1. The van der Waals surface area contributed by atoms with Crippen molar-refractivity contribution in [2.24, 2.45) is 4.99 Å². The average molecular weight is 184 g/mol. The molecule has 0 saturated heterocycles. The van der Waals surface area contributed by atoms with E-state index < -0.39 is 0 Å². The van der Waals surface area contributed by atoms with Gasteiger partial charge < -0.3 is 0 Å². The zero-order valence-corrected chi connectivity index (χ0v) is 8.36. The Morgan fingerprint density at radius 3 is 2.79 bits per heavy atom. The third-order valence-corrected chi connectivity index (χ3v) is 2.36. The Morgan fingerprint density at radius 1 is 1.21 bits per heavy atom. The molecule has 2 heteroatoms. The molecule has 0 atom stereocenters. The van der Waals surface area contributed by atoms with Crippen LogP contribution in [0.15, 0.2) is 41.5 Å². The maximum Gasteiger partial charge on any atom is 0.0792 e. The quantitative estimate of drug-likeness (QED) is 0.625. The highest BCUT2D eigenvalue weighted by molar-refractivity contribution is 6.08. The number of rotatable bonds is 1. The van der Waals surface area contributed by atoms with E-state index in [1.807, 2.05) is 25.3 Å². The molecule has 0 N–H and O–H groups in total. The lowest BCUT2D eigenvalue weighted by molar-refractivity contribution is 1.38. The van der Waals surface area contributed by atoms with Crippen molar-refractivity contribution in [2.75, 3.05) is 7.05 Å². The molecule has 1 aromatic heterocycles. The number of aromatic nitrogens is 1. The van der Waals surface area contributed by atoms with Crippen LogP contribution in [0.5, 0.6) is 0 Å². The topological polar surface area (TPSA) is 25.2 Å². The number of hydrogen-bond acceptors (Lipinski definition) is 2. The van der Waals surface area contributed by atoms with Gasteiger partial charge in [-0.25, -0.2) is 0 Å². The van der Waals surface area contributed by atoms with Gasteiger partial charge in [0.1, 0.15) is 0 Å². The Labute approximate surface area is 83.3 Å². The fourth-order valence-corrected chi connectivity index (χ4v) is 1.52. The first-order valence-corrected chi connectivity index (χ1v) is 4.60. The fourth-order valence-electron chi connectivity index (χ4n) is 1.52. The predicted octanol–water partition coefficient (Wildman–Crippen LogP) is 2.67. The molecular weight excluding hydrogens is 172 g/mol. The Kier molecular flexibility index (Phi) is 2.27. The molecule has 70 valence electrons. The van der Waals surface area contributed by atoms with Crippen molar-refractivity contribution in [2.45, 2.75) is 6.92 Å². The highest BCUT2D eigenvalue weighted by Crippen LogP contribution is 2.16. The fraction of sp³-hybridized carbons (Fsp3) is 0.167. The van der Waals surface area contributed by atoms with Gasteiger partial charge in [0.05, 0.1) is 5.52 Å². The van der Waals surface area contributed by atoms with Crippen LogP contribution in [0.1, 0.15) is 12.5 Å². The van der Waals surface area contributed by atoms with Crippen LogP contribution in [-0.4, -0.2) is 17.7 Å². The second-order valence-corrected chi connectivity index (χ2v) is 3.19. The van der Waals surface area contributed by atoms with E-state index in [9.17, 15) is 0 Å². The van der Waals surface area contributed by atoms with Gasteiger partial charge in [0.2, 0.25) is 0 Å². The smallest absolute Gasteiger partial charge is 0.0792 e. The molecule has 2 rings (SSSR count). The first-order chi connectivity index (χ1) is 6.83. The van der Waals surface area contributed by atoms with Gasteiger partial charge in [0.15, 0.2) is 0 Å². The van der Waals surface area contributed by atoms with Gasteiger partial charge in [-0.1, -0.05) is 24.3 Å². The lowest BCUT2D eigenvalue weighted by Crippen LogP contribution is -1.96. The summed E-state index contributed by atoms with van der Waals surface area (Å²) in [5, 5.41) is 1.16. The first-order valence-electron chi connectivity index (χ1n) is 4.60. The van der Waals surface area contributed by atoms with E-state index in [0.29, 0.717) is 0 Å². The monoisotopic (exact) mass is 184 g/mol. The minimum atomic E-state index is 1.02. The van der Waals surface area contributed by atoms with Gasteiger partial charge in [0.25, 0.3) is 0 Å². The molecule has 2 aromatic rings. The summed E-state index contributed by atoms with van der Waals surface area (Å²) >= 11 is 0. The molecule has 0 aliphatic carbocycles. The summed E-state index contributed by atoms with van der Waals surface area (Å²) in [6.07, 6.45) is 1.81. The van der Waals surface area contributed by atoms with Crippen LogP contribution in [0.2, 0.25) is 0 Å². The highest BCUT2D eigenvalue weighted by atomic mass is 14.7. The minimum absolute atomic E-state index is 1.02. The number of nitrogens with zero attached hydrogens (tertiary/aromatic N) is 2. The van der Waals surface area contributed by atoms with Gasteiger partial charge in [-0.3, -0.25) is 9.98 Å². The van der Waals surface area contributed by atoms with Crippen LogP contribution in [0, 0.1) is 0 Å². The maximum atomic E-state index is 4.37. The molecule has 14 heavy (non-hydrogen) atoms. The van der Waals surface area contributed by atoms with Gasteiger partial charge in [-0.05, 0) is 13.0 Å². The third kappa shape index (κ3) is 1.39. The van der Waals surface area contributed by atoms with Crippen molar-refractivity contribution >= 4 is 16.6 Å². The average Bonchev–Trinajstić information content (AvgIpc) is 2.27. The zero-order chi connectivity index (χ0) is 9.97. The summed E-state index contributed by atoms with van der Waals surface area (Å²) in [5.74, 6) is 0. The van der Waals surface area contributed by atoms with Crippen LogP contribution >= 0.6 is 0 Å². The maximum absolute atomic E-state index is 4.37. The number of benzene rings is 1. The van der Waals surface area contributed by atoms with E-state index in [-0.39, 0.29) is 0 Å². The van der Waals surface area contributed by atoms with E-state index in [1.54, 1.807) is 7.05 Å². The summed E-state index contributed by atoms with van der Waals surface area (Å²) in [4.78, 5) is 8.55. The second-order valence-electron chi connectivity index (χ2n) is 3.19. The molecule has 0 aliphatic heterocycles. The van der Waals surface area contributed by atoms with Crippen molar-refractivity contribution in [3.8, 4) is 0 Å². The largest absolute Gasteiger partial charge is 0.293 e. The Morgan fingerprint density at radius 2 is 2.00 bits per heavy atom. The lowest BCUT2D eigenvalue weighted by Gasteiger charge is -2.03. The molecular formula is C12H12N2. The Hall–Kier alpha value is -1.70. The molecule has 1 aromatic carbocycles. The van der Waals surface area contributed by atoms with Crippen LogP contribution < -0.4 is 0 Å². The summed E-state index contributed by atoms with van der Waals surface area (Å²) in [6.45, 7) is 2.00. The van der Waals surface area contributed by atoms with E-state index in [4.69, 9.17) is 0 Å². The molecule has 0 bridgehead atoms. The molecule has 2 nitrogen and oxygen atoms in total. The third-order valence-electron chi connectivity index (χ3n) is 2.36. The van der Waals surface area contributed by atoms with E-state index in [1.165, 1.54) is 0 Å². The second kappa shape index (κ2) is 3.58. The van der Waals surface area contributed by atoms with Crippen LogP contribution in [0.25, 0.3) is 10.9 Å². The molecule has 0 saturated carbocycles. The van der Waals surface area contributed by atoms with E-state index >= 15 is 0 Å². The number of pyridine rings is 1. The first kappa shape index (κ1) is 8.88. The summed E-state index contributed by atoms with van der Waals surface area (Å²) < 4.78 is 0. The Balaban J connectivity index is 2.77. The number of hydrogen-bond donors (Lipinski definition) is 0. The van der Waals surface area contributed by atoms with Gasteiger partial charge in [0, 0.05) is 29.9 Å². The highest BCUT2D eigenvalue weighted by Gasteiger charge is 2.02. The minimum Gasteiger partial charge on any atom is -0.293 e. The van der Waals surface area contributed by atoms with Crippen molar-refractivity contribution in [1.82, 2.24) is 4.98 Å². The van der Waals surface area contributed by atoms with Crippen molar-refractivity contribution < 1.29 is 0 Å². The van der Waals surface area contributed by atoms with Gasteiger partial charge in [-0.2, -0.15) is 0 Å². The van der Waals surface area contributed by atoms with Crippen molar-refractivity contribution in [3.05, 3.63) is 42.1 Å². The molecule has 1 heterocycles. The summed E-state index contributed by atoms with van der Waals surface area (Å²) in [5.41, 5.74) is 3.16. The van der Waals surface area contributed by atoms with Gasteiger partial charge >= 0.3 is 0 Å². The molecule has 0 spiro atoms. The standard InChI is InChI=1S/C12H12N2/c1-9(13-2)11-7-3-5-10-6-4-8-14-12(10)11/h3-8H,1-2H3/b13-9+. The van der Waals surface area contributed by atoms with E-state index in [2.05, 4.69) is 28.2 Å². The number of fused-ring (bicyclic) bond motifs is 1. The molecule has 0 amide bonds. The molecule has 0 aliphatic rings. The molecule has 0 fully saturated rings. The summed E-state index contributed by atoms with van der Waals surface area (Å²) in [7, 11) is 1.80. The summed E-state index contributed by atoms with van der Waals surface area (Å²) in [6, 6.07) is 10.2. The number of aliphatic imine (C=N–C) groups is 1. The van der Waals surface area contributed by atoms with Crippen molar-refractivity contribution in [1.29, 1.82) is 0 Å². The van der Waals surface area contributed by atoms with E-state index in [0.717, 1.165) is 22.2 Å². The van der Waals surface area contributed by atoms with Crippen LogP contribution in [0.3, 0.4) is 0 Å². The van der Waals surface area contributed by atoms with Gasteiger partial charge in [-0.15, -0.1) is 0 Å². The van der Waals surface area contributed by atoms with Crippen LogP contribution in [0.4, 0.5) is 0 Å². The SMILES string of the molecule is C/N=C(\C)c1cccc2cccnc12. The normalized spacial score (nSPS) is 12.0. The molecule has 0 unspecified atom stereocenters. The van der Waals surface area contributed by atoms with Crippen LogP contribution in [-0.2, 0) is 0 Å². The zero-order valence-electron chi connectivity index (χ0n) is 8.36. The lowest BCUT2D eigenvalue weighted by atomic mass is 10.1. The van der Waals surface area contributed by atoms with Crippen molar-refractivity contribution in [3.63, 3.8) is 0 Å². The molecule has 0 radical (unpaired) electrons. The predicted molar refractivity (Wildman–Crippen MR) is 59.9 cm³/mol.